The molecule has 1 fully saturated rings. The maximum atomic E-state index is 9.44. The predicted octanol–water partition coefficient (Wildman–Crippen LogP) is 0.546. The van der Waals surface area contributed by atoms with Crippen molar-refractivity contribution in [3.63, 3.8) is 0 Å². The van der Waals surface area contributed by atoms with Crippen LogP contribution in [-0.2, 0) is 4.74 Å². The summed E-state index contributed by atoms with van der Waals surface area (Å²) >= 11 is 0. The van der Waals surface area contributed by atoms with Crippen LogP contribution >= 0.6 is 0 Å². The molecule has 1 saturated carbocycles. The normalized spacial score (nSPS) is 19.5. The Balaban J connectivity index is 1.81. The quantitative estimate of drug-likeness (QED) is 0.554. The molecular weight excluding hydrogens is 156 g/mol. The third kappa shape index (κ3) is 4.04. The smallest absolute Gasteiger partial charge is 0.0697 e. The Kier molecular flexibility index (Phi) is 4.58. The van der Waals surface area contributed by atoms with Crippen LogP contribution in [0.1, 0.15) is 25.7 Å². The molecule has 0 amide bonds. The van der Waals surface area contributed by atoms with Gasteiger partial charge < -0.3 is 14.9 Å². The highest BCUT2D eigenvalue weighted by molar-refractivity contribution is 4.80. The molecule has 1 unspecified atom stereocenters. The molecule has 0 heterocycles. The molecule has 0 saturated heterocycles. The van der Waals surface area contributed by atoms with E-state index >= 15 is 0 Å². The van der Waals surface area contributed by atoms with E-state index in [1.54, 1.807) is 0 Å². The topological polar surface area (TPSA) is 49.7 Å². The summed E-state index contributed by atoms with van der Waals surface area (Å²) in [5.74, 6) is 0.572. The van der Waals surface area contributed by atoms with Gasteiger partial charge >= 0.3 is 0 Å². The Morgan fingerprint density at radius 2 is 2.08 bits per heavy atom. The Morgan fingerprint density at radius 1 is 1.33 bits per heavy atom. The minimum Gasteiger partial charge on any atom is -0.394 e. The highest BCUT2D eigenvalue weighted by atomic mass is 16.5. The van der Waals surface area contributed by atoms with Gasteiger partial charge in [-0.25, -0.2) is 0 Å². The van der Waals surface area contributed by atoms with Crippen LogP contribution in [0.4, 0.5) is 0 Å². The lowest BCUT2D eigenvalue weighted by Gasteiger charge is -2.08. The average Bonchev–Trinajstić information content (AvgIpc) is 2.86. The number of ether oxygens (including phenoxy) is 1. The van der Waals surface area contributed by atoms with Crippen LogP contribution in [0.25, 0.3) is 0 Å². The molecule has 0 radical (unpaired) electrons. The van der Waals surface area contributed by atoms with Crippen LogP contribution in [-0.4, -0.2) is 36.1 Å². The van der Waals surface area contributed by atoms with Gasteiger partial charge in [0, 0.05) is 6.61 Å². The number of hydrogen-bond acceptors (Lipinski definition) is 3. The molecule has 0 spiro atoms. The summed E-state index contributed by atoms with van der Waals surface area (Å²) in [6, 6.07) is 0. The molecule has 0 bridgehead atoms. The molecule has 2 N–H and O–H groups in total. The van der Waals surface area contributed by atoms with Crippen molar-refractivity contribution in [1.29, 1.82) is 0 Å². The lowest BCUT2D eigenvalue weighted by molar-refractivity contribution is 0.0749. The zero-order chi connectivity index (χ0) is 8.81. The van der Waals surface area contributed by atoms with Gasteiger partial charge in [-0.3, -0.25) is 0 Å². The minimum absolute atomic E-state index is 0.0885. The number of aliphatic hydroxyl groups is 2. The van der Waals surface area contributed by atoms with Gasteiger partial charge in [-0.05, 0) is 31.6 Å². The van der Waals surface area contributed by atoms with Crippen molar-refractivity contribution in [2.75, 3.05) is 19.8 Å². The SMILES string of the molecule is OCCOCCCC(O)C1CC1. The van der Waals surface area contributed by atoms with Gasteiger partial charge in [-0.2, -0.15) is 0 Å². The molecule has 1 aliphatic carbocycles. The van der Waals surface area contributed by atoms with E-state index in [4.69, 9.17) is 9.84 Å². The van der Waals surface area contributed by atoms with Crippen LogP contribution in [0.15, 0.2) is 0 Å². The molecule has 0 aliphatic heterocycles. The van der Waals surface area contributed by atoms with Gasteiger partial charge in [0.25, 0.3) is 0 Å². The molecule has 1 atom stereocenters. The lowest BCUT2D eigenvalue weighted by Crippen LogP contribution is -2.10. The third-order valence-corrected chi connectivity index (χ3v) is 2.19. The van der Waals surface area contributed by atoms with E-state index in [-0.39, 0.29) is 12.7 Å². The molecule has 3 heteroatoms. The fourth-order valence-electron chi connectivity index (χ4n) is 1.28. The second kappa shape index (κ2) is 5.51. The first-order valence-electron chi connectivity index (χ1n) is 4.71. The van der Waals surface area contributed by atoms with Gasteiger partial charge in [0.1, 0.15) is 0 Å². The molecule has 0 aromatic heterocycles. The Labute approximate surface area is 73.4 Å². The molecule has 0 aromatic carbocycles. The average molecular weight is 174 g/mol. The van der Waals surface area contributed by atoms with Crippen LogP contribution in [0.3, 0.4) is 0 Å². The summed E-state index contributed by atoms with van der Waals surface area (Å²) in [4.78, 5) is 0. The largest absolute Gasteiger partial charge is 0.394 e. The Morgan fingerprint density at radius 3 is 2.67 bits per heavy atom. The van der Waals surface area contributed by atoms with Crippen molar-refractivity contribution >= 4 is 0 Å². The van der Waals surface area contributed by atoms with Crippen LogP contribution in [0, 0.1) is 5.92 Å². The molecule has 1 aliphatic rings. The van der Waals surface area contributed by atoms with Gasteiger partial charge in [0.15, 0.2) is 0 Å². The monoisotopic (exact) mass is 174 g/mol. The highest BCUT2D eigenvalue weighted by Gasteiger charge is 2.28. The summed E-state index contributed by atoms with van der Waals surface area (Å²) in [6.45, 7) is 1.16. The first-order valence-corrected chi connectivity index (χ1v) is 4.71. The van der Waals surface area contributed by atoms with Crippen molar-refractivity contribution in [3.05, 3.63) is 0 Å². The number of aliphatic hydroxyl groups excluding tert-OH is 2. The fraction of sp³-hybridized carbons (Fsp3) is 1.00. The van der Waals surface area contributed by atoms with E-state index in [0.717, 1.165) is 12.8 Å². The van der Waals surface area contributed by atoms with Crippen LogP contribution in [0.2, 0.25) is 0 Å². The second-order valence-corrected chi connectivity index (χ2v) is 3.38. The van der Waals surface area contributed by atoms with E-state index in [0.29, 0.717) is 19.1 Å². The van der Waals surface area contributed by atoms with E-state index in [1.165, 1.54) is 12.8 Å². The van der Waals surface area contributed by atoms with Gasteiger partial charge in [-0.1, -0.05) is 0 Å². The fourth-order valence-corrected chi connectivity index (χ4v) is 1.28. The summed E-state index contributed by atoms with van der Waals surface area (Å²) in [5, 5.41) is 17.8. The second-order valence-electron chi connectivity index (χ2n) is 3.38. The number of hydrogen-bond donors (Lipinski definition) is 2. The predicted molar refractivity (Wildman–Crippen MR) is 45.9 cm³/mol. The summed E-state index contributed by atoms with van der Waals surface area (Å²) in [5.41, 5.74) is 0. The zero-order valence-corrected chi connectivity index (χ0v) is 7.41. The Hall–Kier alpha value is -0.120. The lowest BCUT2D eigenvalue weighted by atomic mass is 10.1. The zero-order valence-electron chi connectivity index (χ0n) is 7.41. The van der Waals surface area contributed by atoms with Crippen molar-refractivity contribution in [2.24, 2.45) is 5.92 Å². The molecule has 1 rings (SSSR count). The first kappa shape index (κ1) is 9.96. The third-order valence-electron chi connectivity index (χ3n) is 2.19. The van der Waals surface area contributed by atoms with E-state index in [1.807, 2.05) is 0 Å². The maximum absolute atomic E-state index is 9.44. The van der Waals surface area contributed by atoms with Crippen LogP contribution < -0.4 is 0 Å². The Bertz CT molecular complexity index is 112. The maximum Gasteiger partial charge on any atom is 0.0697 e. The van der Waals surface area contributed by atoms with Crippen LogP contribution in [0.5, 0.6) is 0 Å². The highest BCUT2D eigenvalue weighted by Crippen LogP contribution is 2.34. The van der Waals surface area contributed by atoms with Gasteiger partial charge in [0.05, 0.1) is 19.3 Å². The number of rotatable bonds is 7. The summed E-state index contributed by atoms with van der Waals surface area (Å²) in [6.07, 6.45) is 4.02. The standard InChI is InChI=1S/C9H18O3/c10-5-7-12-6-1-2-9(11)8-3-4-8/h8-11H,1-7H2. The van der Waals surface area contributed by atoms with Crippen molar-refractivity contribution in [1.82, 2.24) is 0 Å². The molecular formula is C9H18O3. The summed E-state index contributed by atoms with van der Waals surface area (Å²) in [7, 11) is 0. The van der Waals surface area contributed by atoms with Crippen molar-refractivity contribution in [2.45, 2.75) is 31.8 Å². The van der Waals surface area contributed by atoms with Crippen molar-refractivity contribution in [3.8, 4) is 0 Å². The van der Waals surface area contributed by atoms with E-state index in [9.17, 15) is 5.11 Å². The summed E-state index contributed by atoms with van der Waals surface area (Å²) < 4.78 is 5.07. The minimum atomic E-state index is -0.109. The first-order chi connectivity index (χ1) is 5.84. The molecule has 72 valence electrons. The van der Waals surface area contributed by atoms with E-state index < -0.39 is 0 Å². The molecule has 0 aromatic rings. The van der Waals surface area contributed by atoms with E-state index in [2.05, 4.69) is 0 Å². The van der Waals surface area contributed by atoms with Gasteiger partial charge in [-0.15, -0.1) is 0 Å². The molecule has 3 nitrogen and oxygen atoms in total. The van der Waals surface area contributed by atoms with Crippen molar-refractivity contribution < 1.29 is 14.9 Å². The van der Waals surface area contributed by atoms with Gasteiger partial charge in [0.2, 0.25) is 0 Å². The molecule has 12 heavy (non-hydrogen) atoms.